The highest BCUT2D eigenvalue weighted by Crippen LogP contribution is 2.16. The van der Waals surface area contributed by atoms with Gasteiger partial charge in [-0.15, -0.1) is 0 Å². The number of hydrogen-bond donors (Lipinski definition) is 1. The first-order valence-corrected chi connectivity index (χ1v) is 5.72. The van der Waals surface area contributed by atoms with Crippen molar-refractivity contribution in [1.29, 1.82) is 0 Å². The molecule has 0 aliphatic carbocycles. The number of benzene rings is 1. The lowest BCUT2D eigenvalue weighted by atomic mass is 9.97. The van der Waals surface area contributed by atoms with E-state index in [1.54, 1.807) is 6.08 Å². The number of ether oxygens (including phenoxy) is 1. The van der Waals surface area contributed by atoms with Gasteiger partial charge in [-0.1, -0.05) is 31.7 Å². The summed E-state index contributed by atoms with van der Waals surface area (Å²) in [5.41, 5.74) is 1.02. The molecule has 0 aliphatic rings. The molecule has 1 atom stereocenters. The van der Waals surface area contributed by atoms with Crippen molar-refractivity contribution in [3.05, 3.63) is 42.5 Å². The van der Waals surface area contributed by atoms with Crippen molar-refractivity contribution in [3.63, 3.8) is 0 Å². The molecule has 0 amide bonds. The number of carboxylic acids is 1. The van der Waals surface area contributed by atoms with Crippen LogP contribution in [0.25, 0.3) is 0 Å². The monoisotopic (exact) mass is 234 g/mol. The van der Waals surface area contributed by atoms with Gasteiger partial charge in [0.05, 0.1) is 5.92 Å². The molecule has 0 radical (unpaired) electrons. The molecule has 0 heterocycles. The molecular weight excluding hydrogens is 216 g/mol. The van der Waals surface area contributed by atoms with Gasteiger partial charge in [0.2, 0.25) is 0 Å². The van der Waals surface area contributed by atoms with Gasteiger partial charge in [0, 0.05) is 0 Å². The van der Waals surface area contributed by atoms with Crippen LogP contribution in [0.15, 0.2) is 36.9 Å². The quantitative estimate of drug-likeness (QED) is 0.738. The molecule has 0 bridgehead atoms. The summed E-state index contributed by atoms with van der Waals surface area (Å²) in [6, 6.07) is 7.52. The molecule has 0 unspecified atom stereocenters. The number of rotatable bonds is 7. The largest absolute Gasteiger partial charge is 0.490 e. The molecule has 0 saturated carbocycles. The van der Waals surface area contributed by atoms with Gasteiger partial charge in [-0.05, 0) is 30.5 Å². The Morgan fingerprint density at radius 3 is 2.59 bits per heavy atom. The first kappa shape index (κ1) is 13.3. The Hall–Kier alpha value is -1.77. The summed E-state index contributed by atoms with van der Waals surface area (Å²) in [6.07, 6.45) is 2.89. The van der Waals surface area contributed by atoms with E-state index >= 15 is 0 Å². The summed E-state index contributed by atoms with van der Waals surface area (Å²) in [5.74, 6) is -0.272. The molecule has 0 saturated heterocycles. The lowest BCUT2D eigenvalue weighted by Gasteiger charge is -2.10. The lowest BCUT2D eigenvalue weighted by Crippen LogP contribution is -2.15. The van der Waals surface area contributed by atoms with E-state index in [1.165, 1.54) is 0 Å². The highest BCUT2D eigenvalue weighted by Gasteiger charge is 2.15. The Labute approximate surface area is 102 Å². The van der Waals surface area contributed by atoms with Crippen LogP contribution in [0.1, 0.15) is 18.9 Å². The topological polar surface area (TPSA) is 46.5 Å². The molecule has 1 N–H and O–H groups in total. The average molecular weight is 234 g/mol. The SMILES string of the molecule is C=CCOc1ccc(C[C@H](CC)C(=O)O)cc1. The first-order chi connectivity index (χ1) is 8.17. The number of carboxylic acid groups (broad SMARTS) is 1. The van der Waals surface area contributed by atoms with Gasteiger partial charge in [-0.25, -0.2) is 0 Å². The van der Waals surface area contributed by atoms with Crippen LogP contribution in [-0.4, -0.2) is 17.7 Å². The van der Waals surface area contributed by atoms with Crippen LogP contribution in [0.2, 0.25) is 0 Å². The zero-order valence-electron chi connectivity index (χ0n) is 10.1. The Kier molecular flexibility index (Phi) is 5.27. The Balaban J connectivity index is 2.61. The van der Waals surface area contributed by atoms with Crippen molar-refractivity contribution < 1.29 is 14.6 Å². The third kappa shape index (κ3) is 4.31. The molecular formula is C14H18O3. The van der Waals surface area contributed by atoms with Crippen LogP contribution in [0.3, 0.4) is 0 Å². The molecule has 1 rings (SSSR count). The normalized spacial score (nSPS) is 11.8. The lowest BCUT2D eigenvalue weighted by molar-refractivity contribution is -0.141. The summed E-state index contributed by atoms with van der Waals surface area (Å²) in [5, 5.41) is 8.97. The summed E-state index contributed by atoms with van der Waals surface area (Å²) < 4.78 is 5.35. The third-order valence-electron chi connectivity index (χ3n) is 2.62. The predicted molar refractivity (Wildman–Crippen MR) is 67.3 cm³/mol. The van der Waals surface area contributed by atoms with E-state index in [-0.39, 0.29) is 5.92 Å². The number of carbonyl (C=O) groups is 1. The van der Waals surface area contributed by atoms with E-state index in [9.17, 15) is 4.79 Å². The molecule has 17 heavy (non-hydrogen) atoms. The third-order valence-corrected chi connectivity index (χ3v) is 2.62. The minimum atomic E-state index is -0.737. The molecule has 0 aromatic heterocycles. The second-order valence-corrected chi connectivity index (χ2v) is 3.89. The van der Waals surface area contributed by atoms with E-state index in [2.05, 4.69) is 6.58 Å². The summed E-state index contributed by atoms with van der Waals surface area (Å²) in [4.78, 5) is 10.9. The summed E-state index contributed by atoms with van der Waals surface area (Å²) >= 11 is 0. The van der Waals surface area contributed by atoms with Crippen LogP contribution in [-0.2, 0) is 11.2 Å². The summed E-state index contributed by atoms with van der Waals surface area (Å²) in [6.45, 7) is 5.94. The maximum Gasteiger partial charge on any atom is 0.306 e. The Bertz CT molecular complexity index is 368. The maximum atomic E-state index is 10.9. The summed E-state index contributed by atoms with van der Waals surface area (Å²) in [7, 11) is 0. The van der Waals surface area contributed by atoms with Crippen molar-refractivity contribution >= 4 is 5.97 Å². The van der Waals surface area contributed by atoms with E-state index in [4.69, 9.17) is 9.84 Å². The van der Waals surface area contributed by atoms with Crippen molar-refractivity contribution in [2.45, 2.75) is 19.8 Å². The Morgan fingerprint density at radius 1 is 1.47 bits per heavy atom. The highest BCUT2D eigenvalue weighted by atomic mass is 16.5. The maximum absolute atomic E-state index is 10.9. The fourth-order valence-electron chi connectivity index (χ4n) is 1.57. The standard InChI is InChI=1S/C14H18O3/c1-3-9-17-13-7-5-11(6-8-13)10-12(4-2)14(15)16/h3,5-8,12H,1,4,9-10H2,2H3,(H,15,16)/t12-/m0/s1. The van der Waals surface area contributed by atoms with Crippen LogP contribution >= 0.6 is 0 Å². The fraction of sp³-hybridized carbons (Fsp3) is 0.357. The van der Waals surface area contributed by atoms with E-state index in [0.717, 1.165) is 11.3 Å². The van der Waals surface area contributed by atoms with Crippen molar-refractivity contribution in [3.8, 4) is 5.75 Å². The molecule has 0 fully saturated rings. The van der Waals surface area contributed by atoms with Gasteiger partial charge >= 0.3 is 5.97 Å². The van der Waals surface area contributed by atoms with Gasteiger partial charge in [-0.3, -0.25) is 4.79 Å². The molecule has 0 aliphatic heterocycles. The van der Waals surface area contributed by atoms with Gasteiger partial charge < -0.3 is 9.84 Å². The first-order valence-electron chi connectivity index (χ1n) is 5.72. The van der Waals surface area contributed by atoms with Gasteiger partial charge in [0.1, 0.15) is 12.4 Å². The van der Waals surface area contributed by atoms with Gasteiger partial charge in [0.15, 0.2) is 0 Å². The second kappa shape index (κ2) is 6.74. The molecule has 1 aromatic carbocycles. The van der Waals surface area contributed by atoms with Crippen LogP contribution in [0, 0.1) is 5.92 Å². The average Bonchev–Trinajstić information content (AvgIpc) is 2.34. The smallest absolute Gasteiger partial charge is 0.306 e. The molecule has 3 heteroatoms. The number of hydrogen-bond acceptors (Lipinski definition) is 2. The van der Waals surface area contributed by atoms with E-state index in [1.807, 2.05) is 31.2 Å². The van der Waals surface area contributed by atoms with Gasteiger partial charge in [-0.2, -0.15) is 0 Å². The van der Waals surface area contributed by atoms with Crippen LogP contribution in [0.5, 0.6) is 5.75 Å². The van der Waals surface area contributed by atoms with Crippen molar-refractivity contribution in [2.24, 2.45) is 5.92 Å². The predicted octanol–water partition coefficient (Wildman–Crippen LogP) is 2.90. The van der Waals surface area contributed by atoms with Crippen molar-refractivity contribution in [1.82, 2.24) is 0 Å². The molecule has 1 aromatic rings. The Morgan fingerprint density at radius 2 is 2.12 bits per heavy atom. The van der Waals surface area contributed by atoms with Crippen molar-refractivity contribution in [2.75, 3.05) is 6.61 Å². The minimum Gasteiger partial charge on any atom is -0.490 e. The van der Waals surface area contributed by atoms with Crippen LogP contribution in [0.4, 0.5) is 0 Å². The van der Waals surface area contributed by atoms with E-state index in [0.29, 0.717) is 19.4 Å². The van der Waals surface area contributed by atoms with Gasteiger partial charge in [0.25, 0.3) is 0 Å². The molecule has 3 nitrogen and oxygen atoms in total. The minimum absolute atomic E-state index is 0.310. The fourth-order valence-corrected chi connectivity index (χ4v) is 1.57. The molecule has 0 spiro atoms. The molecule has 92 valence electrons. The second-order valence-electron chi connectivity index (χ2n) is 3.89. The zero-order valence-corrected chi connectivity index (χ0v) is 10.1. The number of aliphatic carboxylic acids is 1. The van der Waals surface area contributed by atoms with E-state index < -0.39 is 5.97 Å². The van der Waals surface area contributed by atoms with Crippen LogP contribution < -0.4 is 4.74 Å². The highest BCUT2D eigenvalue weighted by molar-refractivity contribution is 5.70. The zero-order chi connectivity index (χ0) is 12.7.